The van der Waals surface area contributed by atoms with Gasteiger partial charge in [0.1, 0.15) is 6.54 Å². The number of nitrogens with zero attached hydrogens (tertiary/aromatic N) is 3. The Bertz CT molecular complexity index is 624. The molecule has 7 nitrogen and oxygen atoms in total. The Balaban J connectivity index is 1.98. The van der Waals surface area contributed by atoms with Crippen LogP contribution in [0.4, 0.5) is 0 Å². The van der Waals surface area contributed by atoms with Gasteiger partial charge in [0.05, 0.1) is 12.2 Å². The average Bonchev–Trinajstić information content (AvgIpc) is 2.94. The highest BCUT2D eigenvalue weighted by molar-refractivity contribution is 5.84. The normalized spacial score (nSPS) is 11.9. The molecule has 0 aliphatic rings. The summed E-state index contributed by atoms with van der Waals surface area (Å²) >= 11 is 0. The van der Waals surface area contributed by atoms with E-state index in [-0.39, 0.29) is 24.2 Å². The highest BCUT2D eigenvalue weighted by atomic mass is 16.4. The van der Waals surface area contributed by atoms with Gasteiger partial charge in [-0.15, -0.1) is 5.10 Å². The highest BCUT2D eigenvalue weighted by Crippen LogP contribution is 2.15. The number of hydrogen-bond donors (Lipinski definition) is 2. The summed E-state index contributed by atoms with van der Waals surface area (Å²) in [5.74, 6) is -1.41. The fraction of sp³-hybridized carbons (Fsp3) is 0.286. The second-order valence-electron chi connectivity index (χ2n) is 4.55. The molecule has 0 aliphatic heterocycles. The van der Waals surface area contributed by atoms with E-state index >= 15 is 0 Å². The second kappa shape index (κ2) is 6.65. The van der Waals surface area contributed by atoms with Crippen molar-refractivity contribution < 1.29 is 14.7 Å². The first-order valence-corrected chi connectivity index (χ1v) is 6.58. The third kappa shape index (κ3) is 3.88. The van der Waals surface area contributed by atoms with Gasteiger partial charge >= 0.3 is 5.97 Å². The predicted octanol–water partition coefficient (Wildman–Crippen LogP) is 1.24. The summed E-state index contributed by atoms with van der Waals surface area (Å²) in [5.41, 5.74) is 0.844. The Morgan fingerprint density at radius 1 is 1.33 bits per heavy atom. The van der Waals surface area contributed by atoms with Crippen LogP contribution in [0.25, 0.3) is 0 Å². The number of rotatable bonds is 6. The molecule has 1 unspecified atom stereocenters. The first kappa shape index (κ1) is 14.7. The quantitative estimate of drug-likeness (QED) is 0.833. The zero-order valence-electron chi connectivity index (χ0n) is 11.6. The average molecular weight is 288 g/mol. The van der Waals surface area contributed by atoms with Crippen LogP contribution in [0, 0.1) is 0 Å². The molecule has 1 heterocycles. The molecule has 1 aromatic carbocycles. The maximum atomic E-state index is 12.0. The van der Waals surface area contributed by atoms with Crippen molar-refractivity contribution in [1.29, 1.82) is 0 Å². The van der Waals surface area contributed by atoms with Gasteiger partial charge in [-0.2, -0.15) is 0 Å². The van der Waals surface area contributed by atoms with Crippen LogP contribution in [0.2, 0.25) is 0 Å². The molecule has 0 aliphatic carbocycles. The van der Waals surface area contributed by atoms with E-state index in [1.165, 1.54) is 10.9 Å². The molecule has 2 rings (SSSR count). The standard InChI is InChI=1S/C14H16N4O3/c1-2-11(10-6-4-3-5-7-10)15-13(19)9-18-8-12(14(20)21)16-17-18/h3-8,11H,2,9H2,1H3,(H,15,19)(H,20,21). The first-order valence-electron chi connectivity index (χ1n) is 6.58. The van der Waals surface area contributed by atoms with Crippen LogP contribution in [0.1, 0.15) is 35.4 Å². The number of carboxylic acids is 1. The van der Waals surface area contributed by atoms with Crippen LogP contribution in [0.3, 0.4) is 0 Å². The van der Waals surface area contributed by atoms with Gasteiger partial charge in [-0.1, -0.05) is 42.5 Å². The fourth-order valence-corrected chi connectivity index (χ4v) is 1.97. The lowest BCUT2D eigenvalue weighted by Gasteiger charge is -2.17. The maximum absolute atomic E-state index is 12.0. The highest BCUT2D eigenvalue weighted by Gasteiger charge is 2.14. The van der Waals surface area contributed by atoms with Crippen molar-refractivity contribution in [2.24, 2.45) is 0 Å². The SMILES string of the molecule is CCC(NC(=O)Cn1cc(C(=O)O)nn1)c1ccccc1. The molecule has 0 radical (unpaired) electrons. The van der Waals surface area contributed by atoms with Crippen LogP contribution >= 0.6 is 0 Å². The molecule has 2 N–H and O–H groups in total. The maximum Gasteiger partial charge on any atom is 0.358 e. The number of aromatic nitrogens is 3. The summed E-state index contributed by atoms with van der Waals surface area (Å²) in [6.45, 7) is 1.92. The molecule has 7 heteroatoms. The van der Waals surface area contributed by atoms with Crippen molar-refractivity contribution in [3.05, 3.63) is 47.8 Å². The summed E-state index contributed by atoms with van der Waals surface area (Å²) in [7, 11) is 0. The van der Waals surface area contributed by atoms with E-state index in [9.17, 15) is 9.59 Å². The molecular formula is C14H16N4O3. The Kier molecular flexibility index (Phi) is 4.65. The monoisotopic (exact) mass is 288 g/mol. The van der Waals surface area contributed by atoms with Crippen molar-refractivity contribution in [2.45, 2.75) is 25.9 Å². The van der Waals surface area contributed by atoms with E-state index in [4.69, 9.17) is 5.11 Å². The summed E-state index contributed by atoms with van der Waals surface area (Å²) in [6.07, 6.45) is 1.98. The fourth-order valence-electron chi connectivity index (χ4n) is 1.97. The summed E-state index contributed by atoms with van der Waals surface area (Å²) in [6, 6.07) is 9.57. The predicted molar refractivity (Wildman–Crippen MR) is 74.6 cm³/mol. The van der Waals surface area contributed by atoms with Gasteiger partial charge in [-0.3, -0.25) is 4.79 Å². The number of carboxylic acid groups (broad SMARTS) is 1. The minimum Gasteiger partial charge on any atom is -0.476 e. The molecule has 1 amide bonds. The topological polar surface area (TPSA) is 97.1 Å². The Hall–Kier alpha value is -2.70. The Morgan fingerprint density at radius 3 is 2.62 bits per heavy atom. The smallest absolute Gasteiger partial charge is 0.358 e. The lowest BCUT2D eigenvalue weighted by molar-refractivity contribution is -0.122. The minimum absolute atomic E-state index is 0.0659. The van der Waals surface area contributed by atoms with Gasteiger partial charge in [0.15, 0.2) is 5.69 Å². The number of amides is 1. The molecule has 21 heavy (non-hydrogen) atoms. The van der Waals surface area contributed by atoms with Crippen molar-refractivity contribution >= 4 is 11.9 Å². The van der Waals surface area contributed by atoms with E-state index in [0.717, 1.165) is 12.0 Å². The van der Waals surface area contributed by atoms with Crippen LogP contribution in [-0.4, -0.2) is 32.0 Å². The van der Waals surface area contributed by atoms with Gasteiger partial charge in [-0.05, 0) is 12.0 Å². The lowest BCUT2D eigenvalue weighted by Crippen LogP contribution is -2.31. The minimum atomic E-state index is -1.17. The summed E-state index contributed by atoms with van der Waals surface area (Å²) in [4.78, 5) is 22.7. The van der Waals surface area contributed by atoms with Crippen molar-refractivity contribution in [3.8, 4) is 0 Å². The van der Waals surface area contributed by atoms with E-state index in [1.54, 1.807) is 0 Å². The molecule has 0 spiro atoms. The van der Waals surface area contributed by atoms with Gasteiger partial charge in [-0.25, -0.2) is 9.48 Å². The largest absolute Gasteiger partial charge is 0.476 e. The van der Waals surface area contributed by atoms with E-state index in [2.05, 4.69) is 15.6 Å². The molecule has 2 aromatic rings. The molecule has 0 saturated carbocycles. The number of nitrogens with one attached hydrogen (secondary N) is 1. The van der Waals surface area contributed by atoms with Gasteiger partial charge in [0, 0.05) is 0 Å². The van der Waals surface area contributed by atoms with Crippen LogP contribution in [0.5, 0.6) is 0 Å². The third-order valence-corrected chi connectivity index (χ3v) is 3.01. The first-order chi connectivity index (χ1) is 10.1. The zero-order chi connectivity index (χ0) is 15.2. The zero-order valence-corrected chi connectivity index (χ0v) is 11.6. The number of carbonyl (C=O) groups is 2. The number of hydrogen-bond acceptors (Lipinski definition) is 4. The van der Waals surface area contributed by atoms with Crippen molar-refractivity contribution in [3.63, 3.8) is 0 Å². The van der Waals surface area contributed by atoms with E-state index in [0.29, 0.717) is 0 Å². The Labute approximate surface area is 121 Å². The van der Waals surface area contributed by atoms with Crippen molar-refractivity contribution in [1.82, 2.24) is 20.3 Å². The molecular weight excluding hydrogens is 272 g/mol. The van der Waals surface area contributed by atoms with Crippen LogP contribution in [0.15, 0.2) is 36.5 Å². The number of benzene rings is 1. The van der Waals surface area contributed by atoms with E-state index in [1.807, 2.05) is 37.3 Å². The molecule has 110 valence electrons. The summed E-state index contributed by atoms with van der Waals surface area (Å²) in [5, 5.41) is 18.7. The Morgan fingerprint density at radius 2 is 2.05 bits per heavy atom. The number of aromatic carboxylic acids is 1. The molecule has 0 bridgehead atoms. The lowest BCUT2D eigenvalue weighted by atomic mass is 10.0. The number of carbonyl (C=O) groups excluding carboxylic acids is 1. The molecule has 0 fully saturated rings. The summed E-state index contributed by atoms with van der Waals surface area (Å²) < 4.78 is 1.20. The molecule has 0 saturated heterocycles. The van der Waals surface area contributed by atoms with Crippen molar-refractivity contribution in [2.75, 3.05) is 0 Å². The molecule has 1 atom stereocenters. The van der Waals surface area contributed by atoms with Gasteiger partial charge in [0.2, 0.25) is 5.91 Å². The third-order valence-electron chi connectivity index (χ3n) is 3.01. The van der Waals surface area contributed by atoms with Gasteiger partial charge < -0.3 is 10.4 Å². The van der Waals surface area contributed by atoms with E-state index < -0.39 is 5.97 Å². The van der Waals surface area contributed by atoms with Crippen LogP contribution in [-0.2, 0) is 11.3 Å². The molecule has 1 aromatic heterocycles. The van der Waals surface area contributed by atoms with Gasteiger partial charge in [0.25, 0.3) is 0 Å². The van der Waals surface area contributed by atoms with Crippen LogP contribution < -0.4 is 5.32 Å². The second-order valence-corrected chi connectivity index (χ2v) is 4.55.